The van der Waals surface area contributed by atoms with E-state index in [-0.39, 0.29) is 6.10 Å². The van der Waals surface area contributed by atoms with Crippen LogP contribution in [0.25, 0.3) is 0 Å². The normalized spacial score (nSPS) is 20.4. The first-order valence-electron chi connectivity index (χ1n) is 5.93. The van der Waals surface area contributed by atoms with Crippen LogP contribution in [0, 0.1) is 11.3 Å². The Kier molecular flexibility index (Phi) is 4.59. The van der Waals surface area contributed by atoms with Crippen molar-refractivity contribution in [3.63, 3.8) is 0 Å². The van der Waals surface area contributed by atoms with E-state index in [1.54, 1.807) is 0 Å². The highest BCUT2D eigenvalue weighted by molar-refractivity contribution is 9.10. The first-order valence-corrected chi connectivity index (χ1v) is 6.72. The van der Waals surface area contributed by atoms with Gasteiger partial charge in [-0.15, -0.1) is 0 Å². The highest BCUT2D eigenvalue weighted by Gasteiger charge is 2.17. The van der Waals surface area contributed by atoms with Gasteiger partial charge in [-0.25, -0.2) is 0 Å². The van der Waals surface area contributed by atoms with Crippen molar-refractivity contribution in [3.8, 4) is 6.07 Å². The number of ether oxygens (including phenoxy) is 1. The second kappa shape index (κ2) is 6.19. The molecule has 1 unspecified atom stereocenters. The van der Waals surface area contributed by atoms with Crippen molar-refractivity contribution in [1.29, 1.82) is 5.26 Å². The zero-order valence-electron chi connectivity index (χ0n) is 10.3. The Morgan fingerprint density at radius 2 is 2.44 bits per heavy atom. The van der Waals surface area contributed by atoms with Crippen LogP contribution in [-0.2, 0) is 4.74 Å². The number of morpholine rings is 1. The number of nitriles is 1. The van der Waals surface area contributed by atoms with E-state index in [4.69, 9.17) is 10.00 Å². The minimum absolute atomic E-state index is 0.175. The van der Waals surface area contributed by atoms with Crippen molar-refractivity contribution in [2.45, 2.75) is 6.10 Å². The number of anilines is 1. The number of nitrogens with zero attached hydrogens (tertiary/aromatic N) is 2. The second-order valence-electron chi connectivity index (χ2n) is 4.41. The Labute approximate surface area is 116 Å². The molecule has 4 nitrogen and oxygen atoms in total. The molecule has 1 fully saturated rings. The van der Waals surface area contributed by atoms with Crippen molar-refractivity contribution in [3.05, 3.63) is 28.2 Å². The summed E-state index contributed by atoms with van der Waals surface area (Å²) in [5.41, 5.74) is 1.49. The number of benzene rings is 1. The number of halogens is 1. The van der Waals surface area contributed by atoms with Gasteiger partial charge in [0.1, 0.15) is 6.07 Å². The molecule has 1 aliphatic heterocycles. The Hall–Kier alpha value is -1.09. The molecule has 18 heavy (non-hydrogen) atoms. The molecular formula is C13H16BrN3O. The van der Waals surface area contributed by atoms with E-state index in [0.717, 1.165) is 36.4 Å². The molecule has 1 N–H and O–H groups in total. The SMILES string of the molecule is CN1CCOC(CNc2cccc(Br)c2C#N)C1. The third-order valence-electron chi connectivity index (χ3n) is 2.99. The van der Waals surface area contributed by atoms with Crippen LogP contribution < -0.4 is 5.32 Å². The number of likely N-dealkylation sites (N-methyl/N-ethyl adjacent to an activating group) is 1. The van der Waals surface area contributed by atoms with Crippen LogP contribution in [0.3, 0.4) is 0 Å². The summed E-state index contributed by atoms with van der Waals surface area (Å²) < 4.78 is 6.49. The molecular weight excluding hydrogens is 294 g/mol. The van der Waals surface area contributed by atoms with Gasteiger partial charge in [-0.05, 0) is 35.1 Å². The minimum Gasteiger partial charge on any atom is -0.381 e. The lowest BCUT2D eigenvalue weighted by atomic mass is 10.2. The molecule has 1 aromatic carbocycles. The molecule has 0 saturated carbocycles. The van der Waals surface area contributed by atoms with E-state index in [0.29, 0.717) is 5.56 Å². The molecule has 2 rings (SSSR count). The lowest BCUT2D eigenvalue weighted by Crippen LogP contribution is -2.43. The minimum atomic E-state index is 0.175. The van der Waals surface area contributed by atoms with Gasteiger partial charge in [0.05, 0.1) is 24.0 Å². The van der Waals surface area contributed by atoms with E-state index in [1.807, 2.05) is 18.2 Å². The van der Waals surface area contributed by atoms with Crippen LogP contribution in [0.5, 0.6) is 0 Å². The molecule has 1 atom stereocenters. The van der Waals surface area contributed by atoms with E-state index < -0.39 is 0 Å². The molecule has 1 aromatic rings. The van der Waals surface area contributed by atoms with Crippen molar-refractivity contribution in [2.24, 2.45) is 0 Å². The average Bonchev–Trinajstić information content (AvgIpc) is 2.36. The van der Waals surface area contributed by atoms with Gasteiger partial charge in [-0.1, -0.05) is 6.07 Å². The number of nitrogens with one attached hydrogen (secondary N) is 1. The quantitative estimate of drug-likeness (QED) is 0.928. The zero-order valence-corrected chi connectivity index (χ0v) is 11.9. The van der Waals surface area contributed by atoms with Crippen LogP contribution in [0.1, 0.15) is 5.56 Å². The summed E-state index contributed by atoms with van der Waals surface area (Å²) in [6, 6.07) is 7.90. The summed E-state index contributed by atoms with van der Waals surface area (Å²) in [5, 5.41) is 12.4. The Balaban J connectivity index is 1.98. The Bertz CT molecular complexity index is 458. The fraction of sp³-hybridized carbons (Fsp3) is 0.462. The summed E-state index contributed by atoms with van der Waals surface area (Å²) in [7, 11) is 2.09. The van der Waals surface area contributed by atoms with Gasteiger partial charge in [-0.2, -0.15) is 5.26 Å². The lowest BCUT2D eigenvalue weighted by Gasteiger charge is -2.30. The van der Waals surface area contributed by atoms with Gasteiger partial charge >= 0.3 is 0 Å². The number of hydrogen-bond donors (Lipinski definition) is 1. The molecule has 96 valence electrons. The maximum Gasteiger partial charge on any atom is 0.103 e. The average molecular weight is 310 g/mol. The zero-order chi connectivity index (χ0) is 13.0. The van der Waals surface area contributed by atoms with Crippen LogP contribution in [0.2, 0.25) is 0 Å². The van der Waals surface area contributed by atoms with Crippen LogP contribution in [-0.4, -0.2) is 44.3 Å². The van der Waals surface area contributed by atoms with Gasteiger partial charge in [0.2, 0.25) is 0 Å². The van der Waals surface area contributed by atoms with Crippen molar-refractivity contribution < 1.29 is 4.74 Å². The summed E-state index contributed by atoms with van der Waals surface area (Å²) in [6.07, 6.45) is 0.175. The number of hydrogen-bond acceptors (Lipinski definition) is 4. The summed E-state index contributed by atoms with van der Waals surface area (Å²) in [5.74, 6) is 0. The highest BCUT2D eigenvalue weighted by Crippen LogP contribution is 2.23. The maximum atomic E-state index is 9.12. The van der Waals surface area contributed by atoms with E-state index in [1.165, 1.54) is 0 Å². The maximum absolute atomic E-state index is 9.12. The van der Waals surface area contributed by atoms with Gasteiger partial charge in [0, 0.05) is 24.1 Å². The summed E-state index contributed by atoms with van der Waals surface area (Å²) in [4.78, 5) is 2.25. The molecule has 0 bridgehead atoms. The molecule has 1 saturated heterocycles. The highest BCUT2D eigenvalue weighted by atomic mass is 79.9. The second-order valence-corrected chi connectivity index (χ2v) is 5.26. The lowest BCUT2D eigenvalue weighted by molar-refractivity contribution is -0.0117. The molecule has 0 radical (unpaired) electrons. The smallest absolute Gasteiger partial charge is 0.103 e. The summed E-state index contributed by atoms with van der Waals surface area (Å²) >= 11 is 3.38. The molecule has 0 amide bonds. The van der Waals surface area contributed by atoms with Gasteiger partial charge < -0.3 is 15.0 Å². The van der Waals surface area contributed by atoms with Gasteiger partial charge in [-0.3, -0.25) is 0 Å². The number of rotatable bonds is 3. The molecule has 0 spiro atoms. The monoisotopic (exact) mass is 309 g/mol. The van der Waals surface area contributed by atoms with E-state index in [9.17, 15) is 0 Å². The van der Waals surface area contributed by atoms with Gasteiger partial charge in [0.25, 0.3) is 0 Å². The summed E-state index contributed by atoms with van der Waals surface area (Å²) in [6.45, 7) is 3.39. The first kappa shape index (κ1) is 13.3. The van der Waals surface area contributed by atoms with Crippen LogP contribution in [0.15, 0.2) is 22.7 Å². The molecule has 0 aromatic heterocycles. The largest absolute Gasteiger partial charge is 0.381 e. The fourth-order valence-electron chi connectivity index (χ4n) is 2.00. The van der Waals surface area contributed by atoms with Crippen LogP contribution >= 0.6 is 15.9 Å². The molecule has 0 aliphatic carbocycles. The Morgan fingerprint density at radius 1 is 1.61 bits per heavy atom. The van der Waals surface area contributed by atoms with E-state index >= 15 is 0 Å². The van der Waals surface area contributed by atoms with E-state index in [2.05, 4.69) is 39.3 Å². The molecule has 1 aliphatic rings. The van der Waals surface area contributed by atoms with Crippen molar-refractivity contribution >= 4 is 21.6 Å². The fourth-order valence-corrected chi connectivity index (χ4v) is 2.45. The molecule has 1 heterocycles. The third kappa shape index (κ3) is 3.22. The third-order valence-corrected chi connectivity index (χ3v) is 3.65. The standard InChI is InChI=1S/C13H16BrN3O/c1-17-5-6-18-10(9-17)8-16-13-4-2-3-12(14)11(13)7-15/h2-4,10,16H,5-6,8-9H2,1H3. The van der Waals surface area contributed by atoms with Gasteiger partial charge in [0.15, 0.2) is 0 Å². The predicted molar refractivity (Wildman–Crippen MR) is 74.6 cm³/mol. The first-order chi connectivity index (χ1) is 8.70. The van der Waals surface area contributed by atoms with Crippen LogP contribution in [0.4, 0.5) is 5.69 Å². The topological polar surface area (TPSA) is 48.3 Å². The van der Waals surface area contributed by atoms with Crippen molar-refractivity contribution in [2.75, 3.05) is 38.6 Å². The Morgan fingerprint density at radius 3 is 3.17 bits per heavy atom. The van der Waals surface area contributed by atoms with Crippen molar-refractivity contribution in [1.82, 2.24) is 4.90 Å². The molecule has 5 heteroatoms. The predicted octanol–water partition coefficient (Wildman–Crippen LogP) is 2.06.